The lowest BCUT2D eigenvalue weighted by atomic mass is 10.4. The zero-order valence-corrected chi connectivity index (χ0v) is 6.14. The monoisotopic (exact) mass is 145 g/mol. The third-order valence-electron chi connectivity index (χ3n) is 0.575. The Morgan fingerprint density at radius 1 is 1.67 bits per heavy atom. The fraction of sp³-hybridized carbons (Fsp3) is 0.333. The van der Waals surface area contributed by atoms with Gasteiger partial charge in [0.25, 0.3) is 0 Å². The van der Waals surface area contributed by atoms with E-state index in [1.807, 2.05) is 0 Å². The van der Waals surface area contributed by atoms with Gasteiger partial charge in [-0.15, -0.1) is 0 Å². The number of halogens is 1. The molecule has 0 amide bonds. The maximum atomic E-state index is 10.3. The van der Waals surface area contributed by atoms with Gasteiger partial charge in [0, 0.05) is 12.3 Å². The van der Waals surface area contributed by atoms with Crippen molar-refractivity contribution in [2.24, 2.45) is 4.99 Å². The molecular formula is C6H8ClNO. The molecule has 0 radical (unpaired) electrons. The van der Waals surface area contributed by atoms with Crippen molar-refractivity contribution in [3.05, 3.63) is 11.2 Å². The highest BCUT2D eigenvalue weighted by atomic mass is 35.5. The Bertz CT molecular complexity index is 160. The molecule has 0 aliphatic carbocycles. The van der Waals surface area contributed by atoms with E-state index in [-0.39, 0.29) is 10.9 Å². The molecule has 0 saturated carbocycles. The number of ketones is 1. The summed E-state index contributed by atoms with van der Waals surface area (Å²) < 4.78 is 0. The first-order valence-corrected chi connectivity index (χ1v) is 2.91. The number of nitrogens with zero attached hydrogens (tertiary/aromatic N) is 1. The number of carbonyl (C=O) groups excluding carboxylic acids is 1. The summed E-state index contributed by atoms with van der Waals surface area (Å²) in [6.07, 6.45) is 2.79. The van der Waals surface area contributed by atoms with E-state index >= 15 is 0 Å². The molecule has 0 rings (SSSR count). The molecule has 9 heavy (non-hydrogen) atoms. The summed E-state index contributed by atoms with van der Waals surface area (Å²) >= 11 is 5.42. The van der Waals surface area contributed by atoms with E-state index in [2.05, 4.69) is 4.99 Å². The Labute approximate surface area is 59.2 Å². The molecule has 0 spiro atoms. The largest absolute Gasteiger partial charge is 0.295 e. The van der Waals surface area contributed by atoms with Crippen molar-refractivity contribution in [3.8, 4) is 0 Å². The van der Waals surface area contributed by atoms with Crippen LogP contribution in [0.4, 0.5) is 0 Å². The summed E-state index contributed by atoms with van der Waals surface area (Å²) in [5.41, 5.74) is 0. The first kappa shape index (κ1) is 8.37. The zero-order valence-electron chi connectivity index (χ0n) is 5.39. The van der Waals surface area contributed by atoms with Crippen LogP contribution in [-0.2, 0) is 4.79 Å². The number of rotatable bonds is 2. The zero-order chi connectivity index (χ0) is 7.28. The molecule has 0 heterocycles. The number of carbonyl (C=O) groups is 1. The lowest BCUT2D eigenvalue weighted by Crippen LogP contribution is -1.81. The molecule has 0 aliphatic heterocycles. The summed E-state index contributed by atoms with van der Waals surface area (Å²) in [5.74, 6) is -0.0920. The maximum absolute atomic E-state index is 10.3. The van der Waals surface area contributed by atoms with Crippen LogP contribution >= 0.6 is 11.6 Å². The van der Waals surface area contributed by atoms with Crippen LogP contribution in [0.3, 0.4) is 0 Å². The van der Waals surface area contributed by atoms with E-state index < -0.39 is 0 Å². The second kappa shape index (κ2) is 4.27. The van der Waals surface area contributed by atoms with Crippen LogP contribution in [0.1, 0.15) is 13.8 Å². The molecule has 0 unspecified atom stereocenters. The highest BCUT2D eigenvalue weighted by molar-refractivity contribution is 6.31. The third kappa shape index (κ3) is 5.24. The summed E-state index contributed by atoms with van der Waals surface area (Å²) in [5, 5.41) is 0.227. The average molecular weight is 146 g/mol. The van der Waals surface area contributed by atoms with Gasteiger partial charge in [-0.3, -0.25) is 4.79 Å². The van der Waals surface area contributed by atoms with E-state index in [1.165, 1.54) is 19.2 Å². The van der Waals surface area contributed by atoms with Gasteiger partial charge in [0.1, 0.15) is 5.16 Å². The van der Waals surface area contributed by atoms with Gasteiger partial charge in [-0.2, -0.15) is 0 Å². The van der Waals surface area contributed by atoms with E-state index in [0.717, 1.165) is 0 Å². The first-order valence-electron chi connectivity index (χ1n) is 2.53. The fourth-order valence-corrected chi connectivity index (χ4v) is 0.580. The molecule has 0 aromatic rings. The number of hydrogen-bond acceptors (Lipinski definition) is 2. The number of hydrogen-bond donors (Lipinski definition) is 0. The topological polar surface area (TPSA) is 29.4 Å². The van der Waals surface area contributed by atoms with Gasteiger partial charge in [0.15, 0.2) is 5.78 Å². The molecule has 0 fully saturated rings. The van der Waals surface area contributed by atoms with Crippen LogP contribution in [0.5, 0.6) is 0 Å². The molecule has 0 bridgehead atoms. The van der Waals surface area contributed by atoms with Gasteiger partial charge >= 0.3 is 0 Å². The molecule has 0 aliphatic rings. The second-order valence-corrected chi connectivity index (χ2v) is 1.85. The summed E-state index contributed by atoms with van der Waals surface area (Å²) in [6, 6.07) is 0. The van der Waals surface area contributed by atoms with Gasteiger partial charge in [0.2, 0.25) is 0 Å². The van der Waals surface area contributed by atoms with Gasteiger partial charge in [-0.05, 0) is 13.8 Å². The van der Waals surface area contributed by atoms with E-state index in [9.17, 15) is 4.79 Å². The SMILES string of the molecule is CC=N/C(Cl)=C\C(C)=O. The van der Waals surface area contributed by atoms with E-state index in [1.54, 1.807) is 6.92 Å². The van der Waals surface area contributed by atoms with E-state index in [4.69, 9.17) is 11.6 Å². The van der Waals surface area contributed by atoms with Crippen molar-refractivity contribution in [3.63, 3.8) is 0 Å². The van der Waals surface area contributed by atoms with Crippen molar-refractivity contribution in [1.82, 2.24) is 0 Å². The Hall–Kier alpha value is -0.630. The Kier molecular flexibility index (Phi) is 3.97. The Morgan fingerprint density at radius 3 is 2.56 bits per heavy atom. The quantitative estimate of drug-likeness (QED) is 0.331. The average Bonchev–Trinajstić information content (AvgIpc) is 1.63. The molecule has 0 aromatic carbocycles. The van der Waals surface area contributed by atoms with Crippen molar-refractivity contribution in [2.45, 2.75) is 13.8 Å². The van der Waals surface area contributed by atoms with Crippen molar-refractivity contribution >= 4 is 23.6 Å². The van der Waals surface area contributed by atoms with Gasteiger partial charge < -0.3 is 0 Å². The van der Waals surface area contributed by atoms with Gasteiger partial charge in [-0.25, -0.2) is 4.99 Å². The minimum Gasteiger partial charge on any atom is -0.295 e. The molecule has 0 aromatic heterocycles. The fourth-order valence-electron chi connectivity index (χ4n) is 0.328. The lowest BCUT2D eigenvalue weighted by Gasteiger charge is -1.82. The summed E-state index contributed by atoms with van der Waals surface area (Å²) in [7, 11) is 0. The van der Waals surface area contributed by atoms with Crippen LogP contribution in [0.15, 0.2) is 16.2 Å². The third-order valence-corrected chi connectivity index (χ3v) is 0.781. The molecule has 0 N–H and O–H groups in total. The molecule has 3 heteroatoms. The van der Waals surface area contributed by atoms with Crippen LogP contribution in [0, 0.1) is 0 Å². The molecule has 0 atom stereocenters. The standard InChI is InChI=1S/C6H8ClNO/c1-3-8-6(7)4-5(2)9/h3-4H,1-2H3/b6-4-,8-3?. The van der Waals surface area contributed by atoms with Crippen LogP contribution in [0.2, 0.25) is 0 Å². The predicted molar refractivity (Wildman–Crippen MR) is 38.8 cm³/mol. The van der Waals surface area contributed by atoms with Crippen molar-refractivity contribution in [2.75, 3.05) is 0 Å². The minimum absolute atomic E-state index is 0.0920. The number of aliphatic imine (C=N–C) groups is 1. The summed E-state index contributed by atoms with van der Waals surface area (Å²) in [6.45, 7) is 3.16. The van der Waals surface area contributed by atoms with Gasteiger partial charge in [-0.1, -0.05) is 11.6 Å². The van der Waals surface area contributed by atoms with Crippen molar-refractivity contribution in [1.29, 1.82) is 0 Å². The Balaban J connectivity index is 4.00. The van der Waals surface area contributed by atoms with Gasteiger partial charge in [0.05, 0.1) is 0 Å². The molecule has 50 valence electrons. The predicted octanol–water partition coefficient (Wildman–Crippen LogP) is 1.75. The van der Waals surface area contributed by atoms with Crippen LogP contribution in [-0.4, -0.2) is 12.0 Å². The van der Waals surface area contributed by atoms with Crippen molar-refractivity contribution < 1.29 is 4.79 Å². The molecular weight excluding hydrogens is 138 g/mol. The summed E-state index contributed by atoms with van der Waals surface area (Å²) in [4.78, 5) is 13.9. The molecule has 0 saturated heterocycles. The van der Waals surface area contributed by atoms with E-state index in [0.29, 0.717) is 0 Å². The van der Waals surface area contributed by atoms with Crippen LogP contribution in [0.25, 0.3) is 0 Å². The maximum Gasteiger partial charge on any atom is 0.155 e. The highest BCUT2D eigenvalue weighted by Gasteiger charge is 1.87. The molecule has 2 nitrogen and oxygen atoms in total. The highest BCUT2D eigenvalue weighted by Crippen LogP contribution is 2.00. The normalized spacial score (nSPS) is 12.6. The Morgan fingerprint density at radius 2 is 2.22 bits per heavy atom. The van der Waals surface area contributed by atoms with Crippen LogP contribution < -0.4 is 0 Å². The second-order valence-electron chi connectivity index (χ2n) is 1.47. The lowest BCUT2D eigenvalue weighted by molar-refractivity contribution is -0.112. The minimum atomic E-state index is -0.0920. The first-order chi connectivity index (χ1) is 4.16. The number of allylic oxidation sites excluding steroid dienone is 1. The smallest absolute Gasteiger partial charge is 0.155 e.